The lowest BCUT2D eigenvalue weighted by Gasteiger charge is -1.82. The zero-order valence-electron chi connectivity index (χ0n) is 5.57. The van der Waals surface area contributed by atoms with Gasteiger partial charge < -0.3 is 0 Å². The van der Waals surface area contributed by atoms with Gasteiger partial charge in [-0.15, -0.1) is 0 Å². The third kappa shape index (κ3) is 2.14. The third-order valence-corrected chi connectivity index (χ3v) is 2.78. The molecule has 0 atom stereocenters. The highest BCUT2D eigenvalue weighted by Crippen LogP contribution is 2.19. The van der Waals surface area contributed by atoms with Crippen LogP contribution in [0.4, 0.5) is 4.39 Å². The van der Waals surface area contributed by atoms with E-state index in [2.05, 4.69) is 47.8 Å². The zero-order valence-corrected chi connectivity index (χ0v) is 10.3. The van der Waals surface area contributed by atoms with Gasteiger partial charge in [-0.1, -0.05) is 15.9 Å². The van der Waals surface area contributed by atoms with Gasteiger partial charge in [-0.2, -0.15) is 0 Å². The Balaban J connectivity index is 3.69. The first-order valence-electron chi connectivity index (χ1n) is 2.86. The summed E-state index contributed by atoms with van der Waals surface area (Å²) < 4.78 is 14.0. The summed E-state index contributed by atoms with van der Waals surface area (Å²) in [5.41, 5.74) is -0.660. The molecule has 64 valence electrons. The molecule has 1 rings (SSSR count). The molecule has 0 spiro atoms. The highest BCUT2D eigenvalue weighted by Gasteiger charge is 2.06. The van der Waals surface area contributed by atoms with Crippen molar-refractivity contribution in [1.82, 2.24) is 0 Å². The molecular weight excluding hydrogens is 359 g/mol. The maximum Gasteiger partial charge on any atom is 0.229 e. The van der Waals surface area contributed by atoms with Gasteiger partial charge in [0, 0.05) is 4.47 Å². The van der Waals surface area contributed by atoms with E-state index in [1.165, 1.54) is 12.1 Å². The lowest BCUT2D eigenvalue weighted by Crippen LogP contribution is -2.03. The van der Waals surface area contributed by atoms with Crippen molar-refractivity contribution in [1.29, 1.82) is 0 Å². The largest absolute Gasteiger partial charge is 0.285 e. The van der Waals surface area contributed by atoms with E-state index in [9.17, 15) is 9.18 Å². The molecule has 1 nitrogen and oxygen atoms in total. The molecule has 0 unspecified atom stereocenters. The Bertz CT molecular complexity index is 378. The number of rotatable bonds is 0. The van der Waals surface area contributed by atoms with E-state index in [4.69, 9.17) is 0 Å². The van der Waals surface area contributed by atoms with Gasteiger partial charge >= 0.3 is 0 Å². The van der Waals surface area contributed by atoms with E-state index in [0.717, 1.165) is 0 Å². The van der Waals surface area contributed by atoms with Crippen LogP contribution < -0.4 is 5.43 Å². The summed E-state index contributed by atoms with van der Waals surface area (Å²) in [6.45, 7) is 0. The standard InChI is InChI=1S/C7H2Br3FO/c8-3-1-4(9)6(11)7(12)5(10)2-3/h1-2H. The van der Waals surface area contributed by atoms with Crippen molar-refractivity contribution < 1.29 is 4.39 Å². The normalized spacial score (nSPS) is 10.0. The summed E-state index contributed by atoms with van der Waals surface area (Å²) >= 11 is 9.04. The van der Waals surface area contributed by atoms with Crippen molar-refractivity contribution >= 4 is 47.8 Å². The smallest absolute Gasteiger partial charge is 0.229 e. The second kappa shape index (κ2) is 3.98. The molecule has 1 aromatic rings. The summed E-state index contributed by atoms with van der Waals surface area (Å²) in [5, 5.41) is 0. The zero-order chi connectivity index (χ0) is 9.30. The van der Waals surface area contributed by atoms with Crippen LogP contribution in [0.3, 0.4) is 0 Å². The second-order valence-electron chi connectivity index (χ2n) is 2.01. The molecule has 0 saturated heterocycles. The van der Waals surface area contributed by atoms with Gasteiger partial charge in [0.05, 0.1) is 8.95 Å². The third-order valence-electron chi connectivity index (χ3n) is 1.16. The van der Waals surface area contributed by atoms with Gasteiger partial charge in [0.25, 0.3) is 0 Å². The first-order valence-corrected chi connectivity index (χ1v) is 5.24. The van der Waals surface area contributed by atoms with Crippen molar-refractivity contribution in [3.8, 4) is 0 Å². The summed E-state index contributed by atoms with van der Waals surface area (Å²) in [6, 6.07) is 2.97. The molecule has 0 heterocycles. The highest BCUT2D eigenvalue weighted by atomic mass is 79.9. The highest BCUT2D eigenvalue weighted by molar-refractivity contribution is 9.11. The van der Waals surface area contributed by atoms with Gasteiger partial charge in [-0.25, -0.2) is 4.39 Å². The SMILES string of the molecule is O=c1c(Br)cc(Br)cc(Br)c1F. The molecule has 0 bridgehead atoms. The monoisotopic (exact) mass is 358 g/mol. The minimum Gasteiger partial charge on any atom is -0.285 e. The molecule has 0 N–H and O–H groups in total. The molecule has 1 aromatic carbocycles. The van der Waals surface area contributed by atoms with E-state index >= 15 is 0 Å². The maximum atomic E-state index is 13.0. The summed E-state index contributed by atoms with van der Waals surface area (Å²) in [6.07, 6.45) is 0. The van der Waals surface area contributed by atoms with Crippen molar-refractivity contribution in [2.24, 2.45) is 0 Å². The molecule has 0 saturated carbocycles. The minimum absolute atomic E-state index is 0.144. The Morgan fingerprint density at radius 3 is 2.17 bits per heavy atom. The van der Waals surface area contributed by atoms with Crippen LogP contribution >= 0.6 is 47.8 Å². The Morgan fingerprint density at radius 2 is 1.58 bits per heavy atom. The lowest BCUT2D eigenvalue weighted by atomic mass is 10.5. The minimum atomic E-state index is -0.799. The number of halogens is 4. The summed E-state index contributed by atoms with van der Waals surface area (Å²) in [5.74, 6) is -0.799. The molecule has 5 heteroatoms. The van der Waals surface area contributed by atoms with Crippen LogP contribution in [-0.2, 0) is 0 Å². The quantitative estimate of drug-likeness (QED) is 0.692. The van der Waals surface area contributed by atoms with Crippen molar-refractivity contribution in [3.63, 3.8) is 0 Å². The van der Waals surface area contributed by atoms with E-state index in [0.29, 0.717) is 4.47 Å². The second-order valence-corrected chi connectivity index (χ2v) is 4.64. The average Bonchev–Trinajstić information content (AvgIpc) is 2.05. The lowest BCUT2D eigenvalue weighted by molar-refractivity contribution is 0.612. The van der Waals surface area contributed by atoms with Crippen LogP contribution in [0.1, 0.15) is 0 Å². The number of hydrogen-bond donors (Lipinski definition) is 0. The summed E-state index contributed by atoms with van der Waals surface area (Å²) in [4.78, 5) is 11.1. The van der Waals surface area contributed by atoms with Crippen LogP contribution in [0, 0.1) is 5.82 Å². The molecule has 0 aliphatic heterocycles. The van der Waals surface area contributed by atoms with Crippen LogP contribution in [0.15, 0.2) is 30.3 Å². The Morgan fingerprint density at radius 1 is 1.08 bits per heavy atom. The Hall–Kier alpha value is 0.260. The van der Waals surface area contributed by atoms with Crippen LogP contribution in [-0.4, -0.2) is 0 Å². The van der Waals surface area contributed by atoms with Gasteiger partial charge in [0.2, 0.25) is 5.43 Å². The molecule has 12 heavy (non-hydrogen) atoms. The Labute approximate surface area is 93.4 Å². The van der Waals surface area contributed by atoms with Gasteiger partial charge in [-0.3, -0.25) is 4.79 Å². The van der Waals surface area contributed by atoms with Crippen molar-refractivity contribution in [3.05, 3.63) is 41.6 Å². The topological polar surface area (TPSA) is 17.1 Å². The molecule has 0 aromatic heterocycles. The fraction of sp³-hybridized carbons (Fsp3) is 0. The first-order chi connectivity index (χ1) is 5.52. The molecule has 0 aliphatic rings. The predicted octanol–water partition coefficient (Wildman–Crippen LogP) is 3.47. The van der Waals surface area contributed by atoms with Crippen molar-refractivity contribution in [2.75, 3.05) is 0 Å². The van der Waals surface area contributed by atoms with Crippen LogP contribution in [0.25, 0.3) is 0 Å². The predicted molar refractivity (Wildman–Crippen MR) is 55.8 cm³/mol. The molecule has 0 amide bonds. The van der Waals surface area contributed by atoms with Gasteiger partial charge in [0.1, 0.15) is 0 Å². The van der Waals surface area contributed by atoms with E-state index < -0.39 is 11.2 Å². The van der Waals surface area contributed by atoms with Gasteiger partial charge in [0.15, 0.2) is 5.82 Å². The van der Waals surface area contributed by atoms with Crippen molar-refractivity contribution in [2.45, 2.75) is 0 Å². The van der Waals surface area contributed by atoms with Crippen LogP contribution in [0.5, 0.6) is 0 Å². The fourth-order valence-corrected chi connectivity index (χ4v) is 2.55. The van der Waals surface area contributed by atoms with E-state index in [1.54, 1.807) is 0 Å². The molecule has 0 radical (unpaired) electrons. The van der Waals surface area contributed by atoms with Gasteiger partial charge in [-0.05, 0) is 44.0 Å². The van der Waals surface area contributed by atoms with E-state index in [1.807, 2.05) is 0 Å². The molecular formula is C7H2Br3FO. The van der Waals surface area contributed by atoms with Crippen LogP contribution in [0.2, 0.25) is 0 Å². The van der Waals surface area contributed by atoms with E-state index in [-0.39, 0.29) is 8.95 Å². The maximum absolute atomic E-state index is 13.0. The Kier molecular flexibility index (Phi) is 3.43. The molecule has 0 fully saturated rings. The first kappa shape index (κ1) is 10.3. The summed E-state index contributed by atoms with van der Waals surface area (Å²) in [7, 11) is 0. The number of hydrogen-bond acceptors (Lipinski definition) is 1. The average molecular weight is 361 g/mol. The molecule has 0 aliphatic carbocycles. The fourth-order valence-electron chi connectivity index (χ4n) is 0.626.